The van der Waals surface area contributed by atoms with E-state index in [0.29, 0.717) is 0 Å². The molecule has 0 spiro atoms. The van der Waals surface area contributed by atoms with E-state index in [4.69, 9.17) is 24.3 Å². The normalized spacial score (nSPS) is 14.4. The molecular weight excluding hydrogens is 302 g/mol. The van der Waals surface area contributed by atoms with Crippen LogP contribution < -0.4 is 5.32 Å². The minimum atomic E-state index is -1.82. The van der Waals surface area contributed by atoms with Crippen LogP contribution in [0.25, 0.3) is 5.57 Å². The van der Waals surface area contributed by atoms with Crippen LogP contribution in [-0.2, 0) is 9.59 Å². The topological polar surface area (TPSA) is 116 Å². The molecule has 2 rings (SSSR count). The Balaban J connectivity index is 0.000000379. The average molecular weight is 325 g/mol. The van der Waals surface area contributed by atoms with E-state index >= 15 is 0 Å². The molecule has 0 unspecified atom stereocenters. The van der Waals surface area contributed by atoms with E-state index in [1.807, 2.05) is 6.20 Å². The number of rotatable bonds is 5. The fourth-order valence-electron chi connectivity index (χ4n) is 2.11. The highest BCUT2D eigenvalue weighted by Crippen LogP contribution is 2.27. The van der Waals surface area contributed by atoms with Crippen molar-refractivity contribution in [2.45, 2.75) is 26.7 Å². The van der Waals surface area contributed by atoms with Crippen molar-refractivity contribution in [3.8, 4) is 0 Å². The van der Waals surface area contributed by atoms with Crippen molar-refractivity contribution in [1.29, 1.82) is 0 Å². The zero-order valence-electron chi connectivity index (χ0n) is 13.4. The van der Waals surface area contributed by atoms with E-state index in [0.717, 1.165) is 50.5 Å². The maximum absolute atomic E-state index is 9.10. The van der Waals surface area contributed by atoms with Crippen LogP contribution in [0.1, 0.15) is 32.3 Å². The quantitative estimate of drug-likeness (QED) is 0.701. The summed E-state index contributed by atoms with van der Waals surface area (Å²) in [5.74, 6) is -2.83. The van der Waals surface area contributed by atoms with Gasteiger partial charge in [0, 0.05) is 19.6 Å². The number of carboxylic acids is 2. The van der Waals surface area contributed by atoms with Gasteiger partial charge in [-0.3, -0.25) is 4.90 Å². The van der Waals surface area contributed by atoms with E-state index in [1.165, 1.54) is 5.57 Å². The number of aromatic nitrogens is 1. The van der Waals surface area contributed by atoms with Crippen molar-refractivity contribution in [2.75, 3.05) is 31.5 Å². The van der Waals surface area contributed by atoms with Gasteiger partial charge >= 0.3 is 11.9 Å². The molecule has 1 aliphatic heterocycles. The van der Waals surface area contributed by atoms with E-state index < -0.39 is 11.9 Å². The van der Waals surface area contributed by atoms with Crippen molar-refractivity contribution in [3.05, 3.63) is 17.8 Å². The predicted octanol–water partition coefficient (Wildman–Crippen LogP) is 1.76. The first kappa shape index (κ1) is 18.7. The first-order chi connectivity index (χ1) is 11.0. The molecule has 0 bridgehead atoms. The lowest BCUT2D eigenvalue weighted by molar-refractivity contribution is -0.159. The highest BCUT2D eigenvalue weighted by atomic mass is 16.5. The van der Waals surface area contributed by atoms with E-state index in [1.54, 1.807) is 0 Å². The molecule has 1 aromatic rings. The predicted molar refractivity (Wildman–Crippen MR) is 85.3 cm³/mol. The lowest BCUT2D eigenvalue weighted by Crippen LogP contribution is -2.29. The number of carboxylic acid groups (broad SMARTS) is 2. The molecule has 8 heteroatoms. The Morgan fingerprint density at radius 1 is 1.35 bits per heavy atom. The van der Waals surface area contributed by atoms with Crippen LogP contribution >= 0.6 is 0 Å². The third-order valence-electron chi connectivity index (χ3n) is 3.31. The van der Waals surface area contributed by atoms with Gasteiger partial charge in [0.2, 0.25) is 5.88 Å². The molecule has 0 amide bonds. The largest absolute Gasteiger partial charge is 0.473 e. The molecule has 1 aromatic heterocycles. The molecule has 0 saturated heterocycles. The molecule has 0 fully saturated rings. The van der Waals surface area contributed by atoms with Crippen molar-refractivity contribution >= 4 is 23.4 Å². The molecular formula is C15H23N3O5. The second kappa shape index (κ2) is 9.62. The number of hydrogen-bond donors (Lipinski definition) is 3. The summed E-state index contributed by atoms with van der Waals surface area (Å²) in [4.78, 5) is 20.6. The van der Waals surface area contributed by atoms with Gasteiger partial charge in [-0.25, -0.2) is 9.59 Å². The van der Waals surface area contributed by atoms with Gasteiger partial charge in [0.25, 0.3) is 0 Å². The SMILES string of the molecule is CCCNc1oncc1C1=CCCN(CC)C1.O=C(O)C(=O)O. The van der Waals surface area contributed by atoms with Gasteiger partial charge in [-0.1, -0.05) is 25.1 Å². The molecule has 0 aliphatic carbocycles. The Morgan fingerprint density at radius 3 is 2.61 bits per heavy atom. The molecule has 23 heavy (non-hydrogen) atoms. The Morgan fingerprint density at radius 2 is 2.04 bits per heavy atom. The van der Waals surface area contributed by atoms with Crippen LogP contribution in [0.4, 0.5) is 5.88 Å². The molecule has 8 nitrogen and oxygen atoms in total. The molecule has 0 saturated carbocycles. The third-order valence-corrected chi connectivity index (χ3v) is 3.31. The standard InChI is InChI=1S/C13H21N3O.C2H2O4/c1-3-7-14-13-12(9-15-17-13)11-6-5-8-16(4-2)10-11;3-1(4)2(5)6/h6,9,14H,3-5,7-8,10H2,1-2H3;(H,3,4)(H,5,6). The number of nitrogens with one attached hydrogen (secondary N) is 1. The third kappa shape index (κ3) is 6.11. The summed E-state index contributed by atoms with van der Waals surface area (Å²) < 4.78 is 5.27. The number of likely N-dealkylation sites (N-methyl/N-ethyl adjacent to an activating group) is 1. The maximum Gasteiger partial charge on any atom is 0.414 e. The van der Waals surface area contributed by atoms with Crippen molar-refractivity contribution in [3.63, 3.8) is 0 Å². The molecule has 1 aliphatic rings. The summed E-state index contributed by atoms with van der Waals surface area (Å²) in [6, 6.07) is 0. The summed E-state index contributed by atoms with van der Waals surface area (Å²) in [6.45, 7) is 8.52. The molecule has 3 N–H and O–H groups in total. The van der Waals surface area contributed by atoms with Gasteiger partial charge in [-0.2, -0.15) is 0 Å². The summed E-state index contributed by atoms with van der Waals surface area (Å²) >= 11 is 0. The van der Waals surface area contributed by atoms with Gasteiger partial charge in [-0.15, -0.1) is 0 Å². The zero-order chi connectivity index (χ0) is 17.2. The fraction of sp³-hybridized carbons (Fsp3) is 0.533. The number of nitrogens with zero attached hydrogens (tertiary/aromatic N) is 2. The monoisotopic (exact) mass is 325 g/mol. The van der Waals surface area contributed by atoms with Crippen LogP contribution in [0, 0.1) is 0 Å². The van der Waals surface area contributed by atoms with Crippen LogP contribution in [0.3, 0.4) is 0 Å². The number of aliphatic carboxylic acids is 2. The number of carbonyl (C=O) groups is 2. The first-order valence-electron chi connectivity index (χ1n) is 7.56. The molecule has 0 atom stereocenters. The smallest absolute Gasteiger partial charge is 0.414 e. The second-order valence-electron chi connectivity index (χ2n) is 4.99. The lowest BCUT2D eigenvalue weighted by Gasteiger charge is -2.25. The summed E-state index contributed by atoms with van der Waals surface area (Å²) in [7, 11) is 0. The van der Waals surface area contributed by atoms with Gasteiger partial charge in [0.15, 0.2) is 0 Å². The van der Waals surface area contributed by atoms with Crippen molar-refractivity contribution in [2.24, 2.45) is 0 Å². The molecule has 0 aromatic carbocycles. The molecule has 2 heterocycles. The summed E-state index contributed by atoms with van der Waals surface area (Å²) in [5.41, 5.74) is 2.45. The van der Waals surface area contributed by atoms with Crippen LogP contribution in [0.2, 0.25) is 0 Å². The number of anilines is 1. The highest BCUT2D eigenvalue weighted by Gasteiger charge is 2.17. The lowest BCUT2D eigenvalue weighted by atomic mass is 10.0. The van der Waals surface area contributed by atoms with Crippen LogP contribution in [0.15, 0.2) is 16.8 Å². The minimum absolute atomic E-state index is 0.816. The summed E-state index contributed by atoms with van der Waals surface area (Å²) in [6.07, 6.45) is 6.32. The van der Waals surface area contributed by atoms with E-state index in [2.05, 4.69) is 35.3 Å². The highest BCUT2D eigenvalue weighted by molar-refractivity contribution is 6.27. The van der Waals surface area contributed by atoms with Crippen molar-refractivity contribution in [1.82, 2.24) is 10.1 Å². The Labute approximate surface area is 134 Å². The van der Waals surface area contributed by atoms with E-state index in [-0.39, 0.29) is 0 Å². The first-order valence-corrected chi connectivity index (χ1v) is 7.56. The van der Waals surface area contributed by atoms with E-state index in [9.17, 15) is 0 Å². The van der Waals surface area contributed by atoms with Gasteiger partial charge in [0.05, 0.1) is 11.8 Å². The second-order valence-corrected chi connectivity index (χ2v) is 4.99. The fourth-order valence-corrected chi connectivity index (χ4v) is 2.11. The van der Waals surface area contributed by atoms with Crippen molar-refractivity contribution < 1.29 is 24.3 Å². The van der Waals surface area contributed by atoms with Crippen LogP contribution in [0.5, 0.6) is 0 Å². The molecule has 128 valence electrons. The summed E-state index contributed by atoms with van der Waals surface area (Å²) in [5, 5.41) is 22.0. The average Bonchev–Trinajstić information content (AvgIpc) is 3.02. The van der Waals surface area contributed by atoms with Gasteiger partial charge in [0.1, 0.15) is 0 Å². The maximum atomic E-state index is 9.10. The Hall–Kier alpha value is -2.35. The Kier molecular flexibility index (Phi) is 7.82. The molecule has 0 radical (unpaired) electrons. The Bertz CT molecular complexity index is 541. The van der Waals surface area contributed by atoms with Gasteiger partial charge < -0.3 is 20.1 Å². The zero-order valence-corrected chi connectivity index (χ0v) is 13.4. The van der Waals surface area contributed by atoms with Crippen LogP contribution in [-0.4, -0.2) is 58.4 Å². The van der Waals surface area contributed by atoms with Gasteiger partial charge in [-0.05, 0) is 25.0 Å². The minimum Gasteiger partial charge on any atom is -0.473 e. The number of hydrogen-bond acceptors (Lipinski definition) is 6.